The van der Waals surface area contributed by atoms with Crippen molar-refractivity contribution in [1.82, 2.24) is 4.98 Å². The van der Waals surface area contributed by atoms with Gasteiger partial charge in [-0.05, 0) is 32.4 Å². The van der Waals surface area contributed by atoms with Crippen LogP contribution < -0.4 is 11.1 Å². The molecule has 1 heterocycles. The van der Waals surface area contributed by atoms with Crippen molar-refractivity contribution in [3.63, 3.8) is 0 Å². The lowest BCUT2D eigenvalue weighted by Gasteiger charge is -2.20. The van der Waals surface area contributed by atoms with Crippen molar-refractivity contribution in [3.05, 3.63) is 52.6 Å². The molecule has 0 aliphatic rings. The van der Waals surface area contributed by atoms with Crippen molar-refractivity contribution in [2.75, 3.05) is 11.9 Å². The molecule has 124 valence electrons. The number of nitrogens with one attached hydrogen (secondary N) is 1. The highest BCUT2D eigenvalue weighted by atomic mass is 16.6. The van der Waals surface area contributed by atoms with E-state index in [9.17, 15) is 10.1 Å². The lowest BCUT2D eigenvalue weighted by molar-refractivity contribution is -0.383. The average Bonchev–Trinajstić information content (AvgIpc) is 2.52. The molecule has 0 atom stereocenters. The van der Waals surface area contributed by atoms with Gasteiger partial charge in [0, 0.05) is 23.5 Å². The van der Waals surface area contributed by atoms with Crippen molar-refractivity contribution < 1.29 is 4.92 Å². The molecule has 0 unspecified atom stereocenters. The molecule has 0 amide bonds. The van der Waals surface area contributed by atoms with Gasteiger partial charge in [0.2, 0.25) is 0 Å². The number of para-hydroxylation sites is 1. The Bertz CT molecular complexity index is 916. The lowest BCUT2D eigenvalue weighted by atomic mass is 10.0. The molecule has 2 aromatic carbocycles. The molecule has 0 bridgehead atoms. The first kappa shape index (κ1) is 16.1. The smallest absolute Gasteiger partial charge is 0.280 e. The van der Waals surface area contributed by atoms with Gasteiger partial charge in [0.05, 0.1) is 21.6 Å². The Morgan fingerprint density at radius 2 is 1.88 bits per heavy atom. The van der Waals surface area contributed by atoms with Gasteiger partial charge in [-0.2, -0.15) is 0 Å². The standard InChI is InChI=1S/C18H20N4O2/c1-18(2,19)10-11-20-17-12-6-3-4-7-13(12)21-14-8-5-9-15(16(14)17)22(23)24/h3-9H,10-11,19H2,1-2H3,(H,20,21). The normalized spacial score (nSPS) is 11.8. The van der Waals surface area contributed by atoms with Crippen LogP contribution >= 0.6 is 0 Å². The van der Waals surface area contributed by atoms with Crippen molar-refractivity contribution in [2.45, 2.75) is 25.8 Å². The number of rotatable bonds is 5. The minimum absolute atomic E-state index is 0.0558. The van der Waals surface area contributed by atoms with Crippen LogP contribution in [0.3, 0.4) is 0 Å². The first-order valence-corrected chi connectivity index (χ1v) is 7.85. The summed E-state index contributed by atoms with van der Waals surface area (Å²) in [7, 11) is 0. The number of nitrogens with zero attached hydrogens (tertiary/aromatic N) is 2. The van der Waals surface area contributed by atoms with E-state index >= 15 is 0 Å². The molecule has 0 fully saturated rings. The Balaban J connectivity index is 2.21. The van der Waals surface area contributed by atoms with E-state index in [2.05, 4.69) is 10.3 Å². The van der Waals surface area contributed by atoms with E-state index in [0.29, 0.717) is 17.4 Å². The quantitative estimate of drug-likeness (QED) is 0.422. The van der Waals surface area contributed by atoms with Gasteiger partial charge in [0.25, 0.3) is 5.69 Å². The fraction of sp³-hybridized carbons (Fsp3) is 0.278. The maximum atomic E-state index is 11.5. The third kappa shape index (κ3) is 3.14. The monoisotopic (exact) mass is 324 g/mol. The van der Waals surface area contributed by atoms with Crippen LogP contribution in [0.5, 0.6) is 0 Å². The summed E-state index contributed by atoms with van der Waals surface area (Å²) in [5.41, 5.74) is 7.95. The van der Waals surface area contributed by atoms with Crippen LogP contribution in [-0.2, 0) is 0 Å². The molecule has 0 aliphatic heterocycles. The van der Waals surface area contributed by atoms with E-state index < -0.39 is 0 Å². The van der Waals surface area contributed by atoms with Crippen molar-refractivity contribution in [1.29, 1.82) is 0 Å². The number of pyridine rings is 1. The van der Waals surface area contributed by atoms with Crippen LogP contribution in [0.15, 0.2) is 42.5 Å². The molecule has 0 spiro atoms. The number of nitrogens with two attached hydrogens (primary N) is 1. The Morgan fingerprint density at radius 1 is 1.17 bits per heavy atom. The highest BCUT2D eigenvalue weighted by molar-refractivity contribution is 6.11. The number of anilines is 1. The van der Waals surface area contributed by atoms with Gasteiger partial charge < -0.3 is 11.1 Å². The van der Waals surface area contributed by atoms with Gasteiger partial charge in [0.15, 0.2) is 0 Å². The number of hydrogen-bond donors (Lipinski definition) is 2. The molecule has 0 radical (unpaired) electrons. The second kappa shape index (κ2) is 6.05. The van der Waals surface area contributed by atoms with Crippen LogP contribution in [0, 0.1) is 10.1 Å². The summed E-state index contributed by atoms with van der Waals surface area (Å²) in [6, 6.07) is 12.6. The van der Waals surface area contributed by atoms with Gasteiger partial charge in [-0.1, -0.05) is 24.3 Å². The third-order valence-corrected chi connectivity index (χ3v) is 3.95. The summed E-state index contributed by atoms with van der Waals surface area (Å²) in [5.74, 6) is 0. The maximum absolute atomic E-state index is 11.5. The van der Waals surface area contributed by atoms with Gasteiger partial charge in [-0.25, -0.2) is 4.98 Å². The minimum Gasteiger partial charge on any atom is -0.384 e. The van der Waals surface area contributed by atoms with Crippen molar-refractivity contribution >= 4 is 33.2 Å². The zero-order chi connectivity index (χ0) is 17.3. The molecule has 3 aromatic rings. The topological polar surface area (TPSA) is 94.1 Å². The van der Waals surface area contributed by atoms with Gasteiger partial charge in [-0.3, -0.25) is 10.1 Å². The number of hydrogen-bond acceptors (Lipinski definition) is 5. The van der Waals surface area contributed by atoms with E-state index in [-0.39, 0.29) is 16.1 Å². The summed E-state index contributed by atoms with van der Waals surface area (Å²) in [5, 5.41) is 16.2. The summed E-state index contributed by atoms with van der Waals surface area (Å²) in [6.45, 7) is 4.54. The molecular weight excluding hydrogens is 304 g/mol. The lowest BCUT2D eigenvalue weighted by Crippen LogP contribution is -2.34. The van der Waals surface area contributed by atoms with Crippen molar-refractivity contribution in [3.8, 4) is 0 Å². The number of benzene rings is 2. The fourth-order valence-electron chi connectivity index (χ4n) is 2.77. The average molecular weight is 324 g/mol. The van der Waals surface area contributed by atoms with E-state index in [0.717, 1.165) is 23.0 Å². The molecule has 0 aliphatic carbocycles. The van der Waals surface area contributed by atoms with Gasteiger partial charge >= 0.3 is 0 Å². The summed E-state index contributed by atoms with van der Waals surface area (Å²) in [6.07, 6.45) is 0.742. The molecular formula is C18H20N4O2. The number of fused-ring (bicyclic) bond motifs is 2. The van der Waals surface area contributed by atoms with Crippen LogP contribution in [0.4, 0.5) is 11.4 Å². The minimum atomic E-state index is -0.364. The molecule has 0 saturated heterocycles. The van der Waals surface area contributed by atoms with Crippen molar-refractivity contribution in [2.24, 2.45) is 5.73 Å². The largest absolute Gasteiger partial charge is 0.384 e. The van der Waals surface area contributed by atoms with E-state index in [1.54, 1.807) is 12.1 Å². The number of nitro groups is 1. The maximum Gasteiger partial charge on any atom is 0.280 e. The zero-order valence-corrected chi connectivity index (χ0v) is 13.7. The molecule has 3 N–H and O–H groups in total. The van der Waals surface area contributed by atoms with Crippen LogP contribution in [0.2, 0.25) is 0 Å². The first-order chi connectivity index (χ1) is 11.4. The number of nitro benzene ring substituents is 1. The summed E-state index contributed by atoms with van der Waals surface area (Å²) < 4.78 is 0. The fourth-order valence-corrected chi connectivity index (χ4v) is 2.77. The summed E-state index contributed by atoms with van der Waals surface area (Å²) >= 11 is 0. The second-order valence-corrected chi connectivity index (χ2v) is 6.60. The van der Waals surface area contributed by atoms with E-state index in [1.807, 2.05) is 38.1 Å². The van der Waals surface area contributed by atoms with Gasteiger partial charge in [-0.15, -0.1) is 0 Å². The Morgan fingerprint density at radius 3 is 2.58 bits per heavy atom. The predicted octanol–water partition coefficient (Wildman–Crippen LogP) is 3.84. The van der Waals surface area contributed by atoms with Crippen LogP contribution in [0.1, 0.15) is 20.3 Å². The Kier molecular flexibility index (Phi) is 4.07. The molecule has 1 aromatic heterocycles. The Labute approximate surface area is 139 Å². The zero-order valence-electron chi connectivity index (χ0n) is 13.7. The van der Waals surface area contributed by atoms with E-state index in [1.165, 1.54) is 6.07 Å². The van der Waals surface area contributed by atoms with Gasteiger partial charge in [0.1, 0.15) is 5.39 Å². The molecule has 3 rings (SSSR count). The Hall–Kier alpha value is -2.73. The predicted molar refractivity (Wildman–Crippen MR) is 97.3 cm³/mol. The number of aromatic nitrogens is 1. The molecule has 24 heavy (non-hydrogen) atoms. The second-order valence-electron chi connectivity index (χ2n) is 6.60. The SMILES string of the molecule is CC(C)(N)CCNc1c2ccccc2nc2cccc([N+](=O)[O-])c12. The summed E-state index contributed by atoms with van der Waals surface area (Å²) in [4.78, 5) is 15.7. The molecule has 0 saturated carbocycles. The third-order valence-electron chi connectivity index (χ3n) is 3.95. The van der Waals surface area contributed by atoms with E-state index in [4.69, 9.17) is 5.73 Å². The highest BCUT2D eigenvalue weighted by Crippen LogP contribution is 2.36. The first-order valence-electron chi connectivity index (χ1n) is 7.85. The molecule has 6 nitrogen and oxygen atoms in total. The highest BCUT2D eigenvalue weighted by Gasteiger charge is 2.19. The van der Waals surface area contributed by atoms with Crippen LogP contribution in [0.25, 0.3) is 21.8 Å². The molecule has 6 heteroatoms. The van der Waals surface area contributed by atoms with Crippen LogP contribution in [-0.4, -0.2) is 22.0 Å². The number of non-ortho nitro benzene ring substituents is 1.